The largest absolute Gasteiger partial charge is 0.493 e. The molecule has 0 aliphatic heterocycles. The second kappa shape index (κ2) is 8.80. The molecule has 0 N–H and O–H groups in total. The zero-order chi connectivity index (χ0) is 15.7. The summed E-state index contributed by atoms with van der Waals surface area (Å²) in [6, 6.07) is 6.89. The molecule has 0 aliphatic carbocycles. The van der Waals surface area contributed by atoms with Gasteiger partial charge in [0.05, 0.1) is 12.7 Å². The highest BCUT2D eigenvalue weighted by molar-refractivity contribution is 5.90. The molecule has 0 aliphatic rings. The summed E-state index contributed by atoms with van der Waals surface area (Å²) in [5, 5.41) is 9.07. The van der Waals surface area contributed by atoms with E-state index in [0.717, 1.165) is 25.7 Å². The summed E-state index contributed by atoms with van der Waals surface area (Å²) in [4.78, 5) is 12.0. The van der Waals surface area contributed by atoms with Gasteiger partial charge in [-0.15, -0.1) is 0 Å². The topological polar surface area (TPSA) is 59.3 Å². The number of unbranched alkanes of at least 4 members (excludes halogenated alkanes) is 3. The normalized spacial score (nSPS) is 9.76. The van der Waals surface area contributed by atoms with Crippen LogP contribution in [0.5, 0.6) is 11.5 Å². The van der Waals surface area contributed by atoms with Crippen LogP contribution in [0.2, 0.25) is 0 Å². The van der Waals surface area contributed by atoms with Crippen LogP contribution in [0, 0.1) is 11.3 Å². The molecule has 0 amide bonds. The van der Waals surface area contributed by atoms with Crippen molar-refractivity contribution in [1.82, 2.24) is 0 Å². The molecular formula is C17H21NO3. The summed E-state index contributed by atoms with van der Waals surface area (Å²) in [6.45, 7) is 5.89. The molecule has 0 saturated carbocycles. The Bertz CT molecular complexity index is 543. The van der Waals surface area contributed by atoms with Crippen LogP contribution in [0.4, 0.5) is 0 Å². The second-order valence-corrected chi connectivity index (χ2v) is 4.75. The van der Waals surface area contributed by atoms with Crippen LogP contribution < -0.4 is 9.47 Å². The predicted octanol–water partition coefficient (Wildman–Crippen LogP) is 4.00. The lowest BCUT2D eigenvalue weighted by Gasteiger charge is -2.11. The molecule has 0 saturated heterocycles. The molecule has 1 aromatic rings. The van der Waals surface area contributed by atoms with Gasteiger partial charge in [0.1, 0.15) is 6.07 Å². The zero-order valence-corrected chi connectivity index (χ0v) is 12.6. The van der Waals surface area contributed by atoms with Crippen molar-refractivity contribution in [1.29, 1.82) is 5.26 Å². The Morgan fingerprint density at radius 1 is 1.33 bits per heavy atom. The van der Waals surface area contributed by atoms with Crippen molar-refractivity contribution in [3.63, 3.8) is 0 Å². The van der Waals surface area contributed by atoms with E-state index >= 15 is 0 Å². The molecule has 0 unspecified atom stereocenters. The lowest BCUT2D eigenvalue weighted by Crippen LogP contribution is -2.12. The number of para-hydroxylation sites is 1. The van der Waals surface area contributed by atoms with E-state index in [4.69, 9.17) is 14.7 Å². The van der Waals surface area contributed by atoms with E-state index in [-0.39, 0.29) is 11.3 Å². The zero-order valence-electron chi connectivity index (χ0n) is 12.6. The maximum Gasteiger partial charge on any atom is 0.338 e. The smallest absolute Gasteiger partial charge is 0.338 e. The Hall–Kier alpha value is -2.28. The fraction of sp³-hybridized carbons (Fsp3) is 0.412. The number of benzene rings is 1. The van der Waals surface area contributed by atoms with Gasteiger partial charge in [0.2, 0.25) is 0 Å². The van der Waals surface area contributed by atoms with Crippen LogP contribution in [0.15, 0.2) is 30.4 Å². The van der Waals surface area contributed by atoms with Gasteiger partial charge in [0, 0.05) is 5.57 Å². The summed E-state index contributed by atoms with van der Waals surface area (Å²) >= 11 is 0. The SMILES string of the molecule is C=C(CCCCCC)C(=O)Oc1c(C#N)cccc1OC. The standard InChI is InChI=1S/C17H21NO3/c1-4-5-6-7-9-13(2)17(19)21-16-14(12-18)10-8-11-15(16)20-3/h8,10-11H,2,4-7,9H2,1,3H3. The van der Waals surface area contributed by atoms with Gasteiger partial charge >= 0.3 is 5.97 Å². The Morgan fingerprint density at radius 2 is 2.10 bits per heavy atom. The molecule has 4 nitrogen and oxygen atoms in total. The number of esters is 1. The number of nitriles is 1. The van der Waals surface area contributed by atoms with Crippen LogP contribution >= 0.6 is 0 Å². The fourth-order valence-electron chi connectivity index (χ4n) is 1.90. The van der Waals surface area contributed by atoms with E-state index in [1.807, 2.05) is 6.07 Å². The van der Waals surface area contributed by atoms with Crippen LogP contribution in [-0.4, -0.2) is 13.1 Å². The molecule has 4 heteroatoms. The highest BCUT2D eigenvalue weighted by atomic mass is 16.6. The van der Waals surface area contributed by atoms with E-state index in [1.54, 1.807) is 18.2 Å². The Balaban J connectivity index is 2.70. The minimum atomic E-state index is -0.507. The maximum absolute atomic E-state index is 12.0. The van der Waals surface area contributed by atoms with Gasteiger partial charge in [-0.25, -0.2) is 4.79 Å². The summed E-state index contributed by atoms with van der Waals surface area (Å²) in [7, 11) is 1.47. The molecule has 0 aromatic heterocycles. The molecular weight excluding hydrogens is 266 g/mol. The summed E-state index contributed by atoms with van der Waals surface area (Å²) < 4.78 is 10.4. The molecule has 112 valence electrons. The maximum atomic E-state index is 12.0. The van der Waals surface area contributed by atoms with Gasteiger partial charge in [-0.3, -0.25) is 0 Å². The van der Waals surface area contributed by atoms with Gasteiger partial charge in [0.15, 0.2) is 11.5 Å². The quantitative estimate of drug-likeness (QED) is 0.314. The molecule has 1 rings (SSSR count). The van der Waals surface area contributed by atoms with E-state index in [2.05, 4.69) is 13.5 Å². The van der Waals surface area contributed by atoms with Crippen LogP contribution in [-0.2, 0) is 4.79 Å². The molecule has 0 radical (unpaired) electrons. The first-order chi connectivity index (χ1) is 10.1. The molecule has 0 fully saturated rings. The second-order valence-electron chi connectivity index (χ2n) is 4.75. The van der Waals surface area contributed by atoms with Crippen LogP contribution in [0.25, 0.3) is 0 Å². The summed E-state index contributed by atoms with van der Waals surface area (Å²) in [5.41, 5.74) is 0.683. The third-order valence-corrected chi connectivity index (χ3v) is 3.13. The number of hydrogen-bond acceptors (Lipinski definition) is 4. The first-order valence-corrected chi connectivity index (χ1v) is 7.11. The number of methoxy groups -OCH3 is 1. The third-order valence-electron chi connectivity index (χ3n) is 3.13. The minimum absolute atomic E-state index is 0.155. The van der Waals surface area contributed by atoms with Crippen molar-refractivity contribution >= 4 is 5.97 Å². The molecule has 0 bridgehead atoms. The number of carbonyl (C=O) groups excluding carboxylic acids is 1. The monoisotopic (exact) mass is 287 g/mol. The first-order valence-electron chi connectivity index (χ1n) is 7.11. The fourth-order valence-corrected chi connectivity index (χ4v) is 1.90. The van der Waals surface area contributed by atoms with Gasteiger partial charge in [-0.1, -0.05) is 38.8 Å². The van der Waals surface area contributed by atoms with Crippen LogP contribution in [0.1, 0.15) is 44.6 Å². The Kier molecular flexibility index (Phi) is 7.03. The van der Waals surface area contributed by atoms with Crippen molar-refractivity contribution in [2.24, 2.45) is 0 Å². The highest BCUT2D eigenvalue weighted by Gasteiger charge is 2.16. The lowest BCUT2D eigenvalue weighted by molar-refractivity contribution is -0.130. The first kappa shape index (κ1) is 16.8. The summed E-state index contributed by atoms with van der Waals surface area (Å²) in [5.74, 6) is 0.0101. The minimum Gasteiger partial charge on any atom is -0.493 e. The van der Waals surface area contributed by atoms with Gasteiger partial charge in [0.25, 0.3) is 0 Å². The number of rotatable bonds is 8. The average molecular weight is 287 g/mol. The molecule has 1 aromatic carbocycles. The number of carbonyl (C=O) groups is 1. The van der Waals surface area contributed by atoms with Crippen molar-refractivity contribution in [3.8, 4) is 17.6 Å². The third kappa shape index (κ3) is 4.96. The van der Waals surface area contributed by atoms with E-state index in [0.29, 0.717) is 17.7 Å². The van der Waals surface area contributed by atoms with E-state index in [1.165, 1.54) is 7.11 Å². The van der Waals surface area contributed by atoms with Crippen molar-refractivity contribution in [2.75, 3.05) is 7.11 Å². The van der Waals surface area contributed by atoms with Gasteiger partial charge in [-0.05, 0) is 25.0 Å². The highest BCUT2D eigenvalue weighted by Crippen LogP contribution is 2.31. The molecule has 0 heterocycles. The van der Waals surface area contributed by atoms with Crippen molar-refractivity contribution in [3.05, 3.63) is 35.9 Å². The van der Waals surface area contributed by atoms with Crippen molar-refractivity contribution in [2.45, 2.75) is 39.0 Å². The van der Waals surface area contributed by atoms with Crippen molar-refractivity contribution < 1.29 is 14.3 Å². The average Bonchev–Trinajstić information content (AvgIpc) is 2.51. The molecule has 0 atom stereocenters. The van der Waals surface area contributed by atoms with E-state index < -0.39 is 5.97 Å². The Labute approximate surface area is 126 Å². The van der Waals surface area contributed by atoms with Gasteiger partial charge in [-0.2, -0.15) is 5.26 Å². The molecule has 0 spiro atoms. The molecule has 21 heavy (non-hydrogen) atoms. The number of hydrogen-bond donors (Lipinski definition) is 0. The number of nitrogens with zero attached hydrogens (tertiary/aromatic N) is 1. The lowest BCUT2D eigenvalue weighted by atomic mass is 10.1. The van der Waals surface area contributed by atoms with Crippen LogP contribution in [0.3, 0.4) is 0 Å². The van der Waals surface area contributed by atoms with E-state index in [9.17, 15) is 4.79 Å². The predicted molar refractivity (Wildman–Crippen MR) is 81.2 cm³/mol. The van der Waals surface area contributed by atoms with Gasteiger partial charge < -0.3 is 9.47 Å². The summed E-state index contributed by atoms with van der Waals surface area (Å²) in [6.07, 6.45) is 4.88. The Morgan fingerprint density at radius 3 is 2.71 bits per heavy atom. The number of ether oxygens (including phenoxy) is 2.